The fraction of sp³-hybridized carbons (Fsp3) is 0.588. The molecule has 3 nitrogen and oxygen atoms in total. The van der Waals surface area contributed by atoms with E-state index in [4.69, 9.17) is 4.74 Å². The first-order valence-electron chi connectivity index (χ1n) is 7.59. The van der Waals surface area contributed by atoms with Gasteiger partial charge in [-0.2, -0.15) is 0 Å². The number of carbonyl (C=O) groups is 1. The molecule has 0 aromatic heterocycles. The van der Waals surface area contributed by atoms with Crippen LogP contribution >= 0.6 is 0 Å². The minimum absolute atomic E-state index is 0.138. The molecule has 1 aromatic rings. The predicted molar refractivity (Wildman–Crippen MR) is 80.6 cm³/mol. The van der Waals surface area contributed by atoms with Crippen molar-refractivity contribution in [1.82, 2.24) is 4.90 Å². The number of carbonyl (C=O) groups excluding carboxylic acids is 1. The summed E-state index contributed by atoms with van der Waals surface area (Å²) < 4.78 is 5.17. The lowest BCUT2D eigenvalue weighted by molar-refractivity contribution is -0.136. The SMILES string of the molecule is CCCC(C)C(=O)N(Cc1ccc(OC)cc1)C1CC1. The summed E-state index contributed by atoms with van der Waals surface area (Å²) in [5.41, 5.74) is 1.18. The summed E-state index contributed by atoms with van der Waals surface area (Å²) >= 11 is 0. The van der Waals surface area contributed by atoms with Gasteiger partial charge in [0.05, 0.1) is 7.11 Å². The molecule has 1 unspecified atom stereocenters. The van der Waals surface area contributed by atoms with Gasteiger partial charge >= 0.3 is 0 Å². The molecule has 0 radical (unpaired) electrons. The molecule has 1 amide bonds. The smallest absolute Gasteiger partial charge is 0.225 e. The molecule has 0 saturated heterocycles. The second-order valence-corrected chi connectivity index (χ2v) is 5.74. The first-order chi connectivity index (χ1) is 9.65. The Morgan fingerprint density at radius 1 is 1.35 bits per heavy atom. The highest BCUT2D eigenvalue weighted by Crippen LogP contribution is 2.30. The van der Waals surface area contributed by atoms with Crippen molar-refractivity contribution >= 4 is 5.91 Å². The summed E-state index contributed by atoms with van der Waals surface area (Å²) in [6.45, 7) is 4.91. The Balaban J connectivity index is 2.03. The van der Waals surface area contributed by atoms with Crippen LogP contribution in [0.15, 0.2) is 24.3 Å². The van der Waals surface area contributed by atoms with Crippen molar-refractivity contribution in [1.29, 1.82) is 0 Å². The van der Waals surface area contributed by atoms with Gasteiger partial charge in [-0.15, -0.1) is 0 Å². The first kappa shape index (κ1) is 14.9. The van der Waals surface area contributed by atoms with Crippen LogP contribution in [0.3, 0.4) is 0 Å². The molecular formula is C17H25NO2. The van der Waals surface area contributed by atoms with Crippen molar-refractivity contribution in [2.75, 3.05) is 7.11 Å². The third kappa shape index (κ3) is 3.75. The van der Waals surface area contributed by atoms with Crippen LogP contribution in [0.25, 0.3) is 0 Å². The maximum atomic E-state index is 12.5. The van der Waals surface area contributed by atoms with E-state index in [-0.39, 0.29) is 5.92 Å². The molecule has 3 heteroatoms. The van der Waals surface area contributed by atoms with E-state index in [2.05, 4.69) is 18.7 Å². The molecule has 0 N–H and O–H groups in total. The van der Waals surface area contributed by atoms with E-state index < -0.39 is 0 Å². The van der Waals surface area contributed by atoms with Gasteiger partial charge in [0.1, 0.15) is 5.75 Å². The number of benzene rings is 1. The number of amides is 1. The van der Waals surface area contributed by atoms with Crippen molar-refractivity contribution < 1.29 is 9.53 Å². The first-order valence-corrected chi connectivity index (χ1v) is 7.59. The molecule has 1 saturated carbocycles. The lowest BCUT2D eigenvalue weighted by atomic mass is 10.0. The zero-order chi connectivity index (χ0) is 14.5. The lowest BCUT2D eigenvalue weighted by Gasteiger charge is -2.26. The van der Waals surface area contributed by atoms with Crippen LogP contribution < -0.4 is 4.74 Å². The van der Waals surface area contributed by atoms with Crippen LogP contribution in [-0.4, -0.2) is 24.0 Å². The normalized spacial score (nSPS) is 15.8. The van der Waals surface area contributed by atoms with Crippen molar-refractivity contribution in [3.05, 3.63) is 29.8 Å². The molecule has 0 heterocycles. The van der Waals surface area contributed by atoms with Gasteiger partial charge in [-0.25, -0.2) is 0 Å². The molecule has 1 fully saturated rings. The van der Waals surface area contributed by atoms with E-state index in [0.717, 1.165) is 38.0 Å². The Morgan fingerprint density at radius 2 is 2.00 bits per heavy atom. The molecule has 20 heavy (non-hydrogen) atoms. The number of hydrogen-bond donors (Lipinski definition) is 0. The van der Waals surface area contributed by atoms with Gasteiger partial charge < -0.3 is 9.64 Å². The predicted octanol–water partition coefficient (Wildman–Crippen LogP) is 3.62. The maximum absolute atomic E-state index is 12.5. The molecule has 110 valence electrons. The van der Waals surface area contributed by atoms with Crippen LogP contribution in [0.2, 0.25) is 0 Å². The molecule has 0 spiro atoms. The van der Waals surface area contributed by atoms with E-state index >= 15 is 0 Å². The lowest BCUT2D eigenvalue weighted by Crippen LogP contribution is -2.36. The summed E-state index contributed by atoms with van der Waals surface area (Å²) in [6.07, 6.45) is 4.35. The summed E-state index contributed by atoms with van der Waals surface area (Å²) in [6, 6.07) is 8.47. The van der Waals surface area contributed by atoms with Crippen molar-refractivity contribution in [3.8, 4) is 5.75 Å². The fourth-order valence-electron chi connectivity index (χ4n) is 2.54. The molecule has 1 aliphatic carbocycles. The van der Waals surface area contributed by atoms with Gasteiger partial charge in [0, 0.05) is 18.5 Å². The van der Waals surface area contributed by atoms with Gasteiger partial charge in [-0.1, -0.05) is 32.4 Å². The van der Waals surface area contributed by atoms with Crippen molar-refractivity contribution in [2.24, 2.45) is 5.92 Å². The van der Waals surface area contributed by atoms with Gasteiger partial charge in [0.15, 0.2) is 0 Å². The number of methoxy groups -OCH3 is 1. The van der Waals surface area contributed by atoms with Crippen LogP contribution in [0.1, 0.15) is 45.1 Å². The van der Waals surface area contributed by atoms with Gasteiger partial charge in [0.25, 0.3) is 0 Å². The fourth-order valence-corrected chi connectivity index (χ4v) is 2.54. The molecular weight excluding hydrogens is 250 g/mol. The monoisotopic (exact) mass is 275 g/mol. The van der Waals surface area contributed by atoms with Gasteiger partial charge in [-0.3, -0.25) is 4.79 Å². The highest BCUT2D eigenvalue weighted by molar-refractivity contribution is 5.79. The topological polar surface area (TPSA) is 29.5 Å². The highest BCUT2D eigenvalue weighted by atomic mass is 16.5. The Labute approximate surface area is 121 Å². The number of hydrogen-bond acceptors (Lipinski definition) is 2. The van der Waals surface area contributed by atoms with Crippen LogP contribution in [-0.2, 0) is 11.3 Å². The largest absolute Gasteiger partial charge is 0.497 e. The molecule has 0 bridgehead atoms. The van der Waals surface area contributed by atoms with Gasteiger partial charge in [-0.05, 0) is 37.0 Å². The number of rotatable bonds is 7. The summed E-state index contributed by atoms with van der Waals surface area (Å²) in [5, 5.41) is 0. The third-order valence-corrected chi connectivity index (χ3v) is 3.93. The van der Waals surface area contributed by atoms with Crippen molar-refractivity contribution in [3.63, 3.8) is 0 Å². The quantitative estimate of drug-likeness (QED) is 0.760. The average molecular weight is 275 g/mol. The van der Waals surface area contributed by atoms with E-state index in [1.165, 1.54) is 5.56 Å². The zero-order valence-corrected chi connectivity index (χ0v) is 12.8. The van der Waals surface area contributed by atoms with Crippen LogP contribution in [0, 0.1) is 5.92 Å². The summed E-state index contributed by atoms with van der Waals surface area (Å²) in [4.78, 5) is 14.6. The molecule has 1 aromatic carbocycles. The Morgan fingerprint density at radius 3 is 2.50 bits per heavy atom. The highest BCUT2D eigenvalue weighted by Gasteiger charge is 2.34. The summed E-state index contributed by atoms with van der Waals surface area (Å²) in [5.74, 6) is 1.31. The average Bonchev–Trinajstić information content (AvgIpc) is 3.29. The second kappa shape index (κ2) is 6.78. The zero-order valence-electron chi connectivity index (χ0n) is 12.8. The Hall–Kier alpha value is -1.51. The number of nitrogens with zero attached hydrogens (tertiary/aromatic N) is 1. The maximum Gasteiger partial charge on any atom is 0.225 e. The van der Waals surface area contributed by atoms with E-state index in [1.54, 1.807) is 7.11 Å². The van der Waals surface area contributed by atoms with E-state index in [9.17, 15) is 4.79 Å². The van der Waals surface area contributed by atoms with E-state index in [0.29, 0.717) is 11.9 Å². The van der Waals surface area contributed by atoms with E-state index in [1.807, 2.05) is 24.3 Å². The number of ether oxygens (including phenoxy) is 1. The summed E-state index contributed by atoms with van der Waals surface area (Å²) in [7, 11) is 1.67. The Bertz CT molecular complexity index is 437. The van der Waals surface area contributed by atoms with Crippen molar-refractivity contribution in [2.45, 2.75) is 52.1 Å². The molecule has 2 rings (SSSR count). The molecule has 0 aliphatic heterocycles. The molecule has 1 aliphatic rings. The minimum Gasteiger partial charge on any atom is -0.497 e. The second-order valence-electron chi connectivity index (χ2n) is 5.74. The molecule has 1 atom stereocenters. The minimum atomic E-state index is 0.138. The van der Waals surface area contributed by atoms with Crippen LogP contribution in [0.5, 0.6) is 5.75 Å². The third-order valence-electron chi connectivity index (χ3n) is 3.93. The van der Waals surface area contributed by atoms with Gasteiger partial charge in [0.2, 0.25) is 5.91 Å². The Kier molecular flexibility index (Phi) is 5.05. The van der Waals surface area contributed by atoms with Crippen LogP contribution in [0.4, 0.5) is 0 Å². The standard InChI is InChI=1S/C17H25NO2/c1-4-5-13(2)17(19)18(15-8-9-15)12-14-6-10-16(20-3)11-7-14/h6-7,10-11,13,15H,4-5,8-9,12H2,1-3H3.